The van der Waals surface area contributed by atoms with Crippen molar-refractivity contribution in [2.45, 2.75) is 63.5 Å². The second-order valence-electron chi connectivity index (χ2n) is 23.8. The summed E-state index contributed by atoms with van der Waals surface area (Å²) in [5.41, 5.74) is 9.91. The van der Waals surface area contributed by atoms with Gasteiger partial charge in [0.2, 0.25) is 0 Å². The van der Waals surface area contributed by atoms with Gasteiger partial charge in [0.1, 0.15) is 5.56 Å². The van der Waals surface area contributed by atoms with Crippen LogP contribution in [0.25, 0.3) is 66.1 Å². The zero-order valence-corrected chi connectivity index (χ0v) is 52.4. The van der Waals surface area contributed by atoms with Crippen LogP contribution in [-0.4, -0.2) is 136 Å². The Bertz CT molecular complexity index is 4050. The van der Waals surface area contributed by atoms with Gasteiger partial charge in [-0.05, 0) is 198 Å². The summed E-state index contributed by atoms with van der Waals surface area (Å²) >= 11 is 18.4. The second-order valence-corrected chi connectivity index (χ2v) is 25.0. The van der Waals surface area contributed by atoms with Gasteiger partial charge >= 0.3 is 5.97 Å². The number of pyridine rings is 3. The summed E-state index contributed by atoms with van der Waals surface area (Å²) in [6.45, 7) is 4.01. The zero-order valence-electron chi connectivity index (χ0n) is 50.2. The molecule has 0 bridgehead atoms. The molecule has 90 heavy (non-hydrogen) atoms. The normalized spacial score (nSPS) is 15.6. The predicted molar refractivity (Wildman–Crippen MR) is 352 cm³/mol. The molecule has 2 aliphatic carbocycles. The van der Waals surface area contributed by atoms with Crippen LogP contribution in [0.4, 0.5) is 25.8 Å². The summed E-state index contributed by atoms with van der Waals surface area (Å²) in [5, 5.41) is 49.0. The smallest absolute Gasteiger partial charge is 0.339 e. The standard InChI is InChI=1S/C25H25Cl2N3O2.C25H25F2N3O2.C19H17ClN2O4/c2*1-30-8-6-17(7-9-30)29-23-18-10-15(16-11-20(26)25(32)21(27)12-16)4-5-22(18)28-13-19(23)24(31)14-2-3-14;1-22(2)17-12-6-10(4-5-15(12)21-9-13(17)19(24)25)11-7-14(20)18(23)16(8-11)26-3/h2*4-5,10-14,17,32H,2-3,6-9H2,1H3,(H,28,29);4-9,23H,1-3H3,(H,24,25). The van der Waals surface area contributed by atoms with E-state index in [9.17, 15) is 43.6 Å². The van der Waals surface area contributed by atoms with Crippen molar-refractivity contribution in [2.75, 3.05) is 77.0 Å². The lowest BCUT2D eigenvalue weighted by Gasteiger charge is -2.31. The van der Waals surface area contributed by atoms with Crippen molar-refractivity contribution in [3.8, 4) is 56.4 Å². The van der Waals surface area contributed by atoms with Crippen molar-refractivity contribution in [2.24, 2.45) is 11.8 Å². The number of nitrogens with zero attached hydrogens (tertiary/aromatic N) is 6. The number of anilines is 3. The lowest BCUT2D eigenvalue weighted by atomic mass is 9.97. The third-order valence-corrected chi connectivity index (χ3v) is 18.0. The quantitative estimate of drug-likeness (QED) is 0.0559. The van der Waals surface area contributed by atoms with Gasteiger partial charge in [-0.1, -0.05) is 53.0 Å². The van der Waals surface area contributed by atoms with Crippen LogP contribution >= 0.6 is 34.8 Å². The summed E-state index contributed by atoms with van der Waals surface area (Å²) in [6.07, 6.45) is 12.4. The van der Waals surface area contributed by atoms with Gasteiger partial charge in [-0.2, -0.15) is 0 Å². The lowest BCUT2D eigenvalue weighted by Crippen LogP contribution is -2.37. The first-order valence-electron chi connectivity index (χ1n) is 29.8. The van der Waals surface area contributed by atoms with Crippen molar-refractivity contribution in [3.05, 3.63) is 153 Å². The number of carbonyl (C=O) groups is 3. The number of piperidine rings is 2. The van der Waals surface area contributed by atoms with Gasteiger partial charge in [-0.3, -0.25) is 24.5 Å². The van der Waals surface area contributed by atoms with Crippen LogP contribution in [-0.2, 0) is 0 Å². The van der Waals surface area contributed by atoms with E-state index >= 15 is 0 Å². The number of halogens is 5. The molecule has 4 aliphatic rings. The van der Waals surface area contributed by atoms with Gasteiger partial charge in [0.05, 0.1) is 66.9 Å². The van der Waals surface area contributed by atoms with Gasteiger partial charge in [-0.25, -0.2) is 13.6 Å². The number of likely N-dealkylation sites (tertiary alicyclic amines) is 2. The molecule has 0 spiro atoms. The van der Waals surface area contributed by atoms with Crippen molar-refractivity contribution in [1.29, 1.82) is 0 Å². The molecule has 13 rings (SSSR count). The first-order chi connectivity index (χ1) is 43.1. The number of aromatic nitrogens is 3. The molecule has 6 N–H and O–H groups in total. The first kappa shape index (κ1) is 63.2. The highest BCUT2D eigenvalue weighted by Crippen LogP contribution is 2.44. The Hall–Kier alpha value is -8.39. The van der Waals surface area contributed by atoms with Crippen LogP contribution in [0, 0.1) is 23.5 Å². The van der Waals surface area contributed by atoms with Crippen LogP contribution in [0.15, 0.2) is 110 Å². The number of methoxy groups -OCH3 is 1. The predicted octanol–water partition coefficient (Wildman–Crippen LogP) is 15.0. The fourth-order valence-electron chi connectivity index (χ4n) is 11.6. The molecular weight excluding hydrogens is 1210 g/mol. The number of carboxylic acids is 1. The number of carbonyl (C=O) groups excluding carboxylic acids is 2. The maximum atomic E-state index is 14.0. The van der Waals surface area contributed by atoms with E-state index in [2.05, 4.69) is 49.5 Å². The molecule has 0 unspecified atom stereocenters. The van der Waals surface area contributed by atoms with E-state index in [1.54, 1.807) is 67.8 Å². The molecule has 16 nitrogen and oxygen atoms in total. The number of phenolic OH excluding ortho intramolecular Hbond substituents is 3. The average Bonchev–Trinajstić information content (AvgIpc) is 1.40. The SMILES string of the molecule is CN1CCC(Nc2c(C(=O)C3CC3)cnc3ccc(-c4cc(Cl)c(O)c(Cl)c4)cc23)CC1.CN1CCC(Nc2c(C(=O)C3CC3)cnc3ccc(-c4cc(F)c(O)c(F)c4)cc23)CC1.COc1cc(-c2ccc3ncc(C(=O)O)c(N(C)C)c3c2)cc(Cl)c1O. The summed E-state index contributed by atoms with van der Waals surface area (Å²) in [4.78, 5) is 57.4. The van der Waals surface area contributed by atoms with Crippen LogP contribution in [0.3, 0.4) is 0 Å². The van der Waals surface area contributed by atoms with E-state index in [0.29, 0.717) is 50.4 Å². The Morgan fingerprint density at radius 2 is 0.900 bits per heavy atom. The minimum Gasteiger partial charge on any atom is -0.505 e. The van der Waals surface area contributed by atoms with E-state index in [-0.39, 0.29) is 67.3 Å². The highest BCUT2D eigenvalue weighted by Gasteiger charge is 2.35. The number of ketones is 2. The van der Waals surface area contributed by atoms with E-state index in [4.69, 9.17) is 39.5 Å². The number of hydrogen-bond acceptors (Lipinski definition) is 15. The maximum Gasteiger partial charge on any atom is 0.339 e. The molecule has 5 heterocycles. The Balaban J connectivity index is 0.000000140. The molecule has 6 aromatic carbocycles. The third kappa shape index (κ3) is 13.7. The highest BCUT2D eigenvalue weighted by atomic mass is 35.5. The second kappa shape index (κ2) is 26.6. The maximum absolute atomic E-state index is 14.0. The molecular formula is C69H67Cl3F2N8O8. The van der Waals surface area contributed by atoms with E-state index in [1.165, 1.54) is 13.3 Å². The summed E-state index contributed by atoms with van der Waals surface area (Å²) in [5.74, 6) is -3.59. The summed E-state index contributed by atoms with van der Waals surface area (Å²) < 4.78 is 33.1. The summed E-state index contributed by atoms with van der Waals surface area (Å²) in [7, 11) is 9.26. The van der Waals surface area contributed by atoms with Crippen molar-refractivity contribution < 1.29 is 48.3 Å². The highest BCUT2D eigenvalue weighted by molar-refractivity contribution is 6.37. The summed E-state index contributed by atoms with van der Waals surface area (Å²) in [6, 6.07) is 26.3. The number of aromatic hydroxyl groups is 3. The number of hydrogen-bond donors (Lipinski definition) is 6. The Morgan fingerprint density at radius 3 is 1.30 bits per heavy atom. The van der Waals surface area contributed by atoms with Gasteiger partial charge < -0.3 is 50.5 Å². The van der Waals surface area contributed by atoms with E-state index in [1.807, 2.05) is 42.5 Å². The fraction of sp³-hybridized carbons (Fsp3) is 0.304. The van der Waals surface area contributed by atoms with Crippen molar-refractivity contribution in [3.63, 3.8) is 0 Å². The Labute approximate surface area is 534 Å². The number of nitrogens with one attached hydrogen (secondary N) is 2. The third-order valence-electron chi connectivity index (χ3n) is 17.1. The fourth-order valence-corrected chi connectivity index (χ4v) is 12.3. The minimum atomic E-state index is -1.04. The lowest BCUT2D eigenvalue weighted by molar-refractivity contribution is 0.0696. The number of aromatic carboxylic acids is 1. The average molecular weight is 1280 g/mol. The largest absolute Gasteiger partial charge is 0.505 e. The first-order valence-corrected chi connectivity index (χ1v) is 30.9. The number of phenols is 3. The number of carboxylic acid groups (broad SMARTS) is 1. The topological polar surface area (TPSA) is 214 Å². The van der Waals surface area contributed by atoms with Crippen LogP contribution in [0.1, 0.15) is 82.4 Å². The van der Waals surface area contributed by atoms with Crippen molar-refractivity contribution >= 4 is 102 Å². The van der Waals surface area contributed by atoms with Gasteiger partial charge in [0.15, 0.2) is 46.2 Å². The van der Waals surface area contributed by atoms with Gasteiger partial charge in [0.25, 0.3) is 0 Å². The minimum absolute atomic E-state index is 0.0516. The van der Waals surface area contributed by atoms with Crippen LogP contribution in [0.5, 0.6) is 23.0 Å². The van der Waals surface area contributed by atoms with Crippen LogP contribution < -0.4 is 20.3 Å². The molecule has 2 saturated carbocycles. The Kier molecular flexibility index (Phi) is 18.7. The van der Waals surface area contributed by atoms with E-state index < -0.39 is 23.4 Å². The molecule has 21 heteroatoms. The number of fused-ring (bicyclic) bond motifs is 3. The molecule has 9 aromatic rings. The molecule has 3 aromatic heterocycles. The number of Topliss-reactive ketones (excluding diaryl/α,β-unsaturated/α-hetero) is 2. The molecule has 0 radical (unpaired) electrons. The number of ether oxygens (including phenoxy) is 1. The molecule has 4 fully saturated rings. The molecule has 466 valence electrons. The molecule has 0 atom stereocenters. The van der Waals surface area contributed by atoms with Crippen LogP contribution in [0.2, 0.25) is 15.1 Å². The molecule has 2 saturated heterocycles. The van der Waals surface area contributed by atoms with Gasteiger partial charge in [0, 0.05) is 72.8 Å². The monoisotopic (exact) mass is 1280 g/mol. The van der Waals surface area contributed by atoms with E-state index in [0.717, 1.165) is 140 Å². The molecule has 0 amide bonds. The number of rotatable bonds is 14. The van der Waals surface area contributed by atoms with Crippen molar-refractivity contribution in [1.82, 2.24) is 24.8 Å². The van der Waals surface area contributed by atoms with Gasteiger partial charge in [-0.15, -0.1) is 0 Å². The number of benzene rings is 6. The molecule has 2 aliphatic heterocycles. The zero-order chi connectivity index (χ0) is 63.8. The Morgan fingerprint density at radius 1 is 0.522 bits per heavy atom.